The van der Waals surface area contributed by atoms with E-state index < -0.39 is 24.7 Å². The van der Waals surface area contributed by atoms with E-state index in [9.17, 15) is 18.0 Å². The van der Waals surface area contributed by atoms with Gasteiger partial charge < -0.3 is 10.4 Å². The number of rotatable bonds is 3. The number of fused-ring (bicyclic) bond motifs is 1. The van der Waals surface area contributed by atoms with Gasteiger partial charge in [-0.3, -0.25) is 9.48 Å². The Labute approximate surface area is 117 Å². The standard InChI is InChI=1S/C12H13F3N4O2/c1-6-8-3-7(4-16-10(8)19(2)18-6)11(21)17-5-9(20)12(13,14)15/h3-4,9,20H,5H2,1-2H3,(H,17,21). The number of aryl methyl sites for hydroxylation is 2. The SMILES string of the molecule is Cc1nn(C)c2ncc(C(=O)NCC(O)C(F)(F)F)cc12. The predicted molar refractivity (Wildman–Crippen MR) is 67.6 cm³/mol. The fourth-order valence-corrected chi connectivity index (χ4v) is 1.84. The number of halogens is 3. The number of aliphatic hydroxyl groups is 1. The van der Waals surface area contributed by atoms with Gasteiger partial charge in [-0.2, -0.15) is 18.3 Å². The van der Waals surface area contributed by atoms with Gasteiger partial charge in [0.1, 0.15) is 0 Å². The van der Waals surface area contributed by atoms with Gasteiger partial charge in [0.15, 0.2) is 11.8 Å². The predicted octanol–water partition coefficient (Wildman–Crippen LogP) is 0.930. The second-order valence-corrected chi connectivity index (χ2v) is 4.57. The molecule has 0 aromatic carbocycles. The van der Waals surface area contributed by atoms with Crippen LogP contribution in [0.1, 0.15) is 16.1 Å². The van der Waals surface area contributed by atoms with Gasteiger partial charge in [0.25, 0.3) is 5.91 Å². The van der Waals surface area contributed by atoms with Gasteiger partial charge in [0.05, 0.1) is 17.8 Å². The highest BCUT2D eigenvalue weighted by molar-refractivity contribution is 5.97. The smallest absolute Gasteiger partial charge is 0.382 e. The molecule has 2 aromatic rings. The van der Waals surface area contributed by atoms with Crippen LogP contribution in [0.5, 0.6) is 0 Å². The molecule has 6 nitrogen and oxygen atoms in total. The maximum absolute atomic E-state index is 12.1. The number of pyridine rings is 1. The largest absolute Gasteiger partial charge is 0.416 e. The summed E-state index contributed by atoms with van der Waals surface area (Å²) in [6.07, 6.45) is -6.12. The number of hydrogen-bond donors (Lipinski definition) is 2. The van der Waals surface area contributed by atoms with Crippen LogP contribution in [-0.2, 0) is 7.05 Å². The molecule has 2 rings (SSSR count). The Kier molecular flexibility index (Phi) is 3.86. The average Bonchev–Trinajstić information content (AvgIpc) is 2.69. The molecule has 1 atom stereocenters. The van der Waals surface area contributed by atoms with Crippen LogP contribution in [0.2, 0.25) is 0 Å². The number of hydrogen-bond acceptors (Lipinski definition) is 4. The molecule has 0 aliphatic heterocycles. The molecule has 0 saturated heterocycles. The summed E-state index contributed by atoms with van der Waals surface area (Å²) in [5.41, 5.74) is 1.33. The maximum atomic E-state index is 12.1. The van der Waals surface area contributed by atoms with Crippen LogP contribution in [-0.4, -0.2) is 44.6 Å². The van der Waals surface area contributed by atoms with E-state index in [-0.39, 0.29) is 5.56 Å². The lowest BCUT2D eigenvalue weighted by molar-refractivity contribution is -0.201. The van der Waals surface area contributed by atoms with Crippen LogP contribution in [0.4, 0.5) is 13.2 Å². The van der Waals surface area contributed by atoms with Crippen molar-refractivity contribution in [2.45, 2.75) is 19.2 Å². The molecule has 21 heavy (non-hydrogen) atoms. The summed E-state index contributed by atoms with van der Waals surface area (Å²) >= 11 is 0. The minimum atomic E-state index is -4.77. The number of nitrogens with zero attached hydrogens (tertiary/aromatic N) is 3. The summed E-state index contributed by atoms with van der Waals surface area (Å²) in [6.45, 7) is 0.825. The number of carbonyl (C=O) groups excluding carboxylic acids is 1. The molecule has 2 N–H and O–H groups in total. The van der Waals surface area contributed by atoms with Crippen LogP contribution < -0.4 is 5.32 Å². The van der Waals surface area contributed by atoms with E-state index in [1.807, 2.05) is 5.32 Å². The summed E-state index contributed by atoms with van der Waals surface area (Å²) in [6, 6.07) is 1.50. The van der Waals surface area contributed by atoms with Crippen LogP contribution in [0, 0.1) is 6.92 Å². The third-order valence-corrected chi connectivity index (χ3v) is 2.96. The first-order valence-electron chi connectivity index (χ1n) is 6.02. The summed E-state index contributed by atoms with van der Waals surface area (Å²) in [4.78, 5) is 15.8. The average molecular weight is 302 g/mol. The minimum absolute atomic E-state index is 0.105. The highest BCUT2D eigenvalue weighted by Crippen LogP contribution is 2.19. The molecule has 0 radical (unpaired) electrons. The van der Waals surface area contributed by atoms with Gasteiger partial charge >= 0.3 is 6.18 Å². The van der Waals surface area contributed by atoms with E-state index in [4.69, 9.17) is 5.11 Å². The highest BCUT2D eigenvalue weighted by atomic mass is 19.4. The number of amides is 1. The first kappa shape index (κ1) is 15.2. The van der Waals surface area contributed by atoms with Crippen LogP contribution in [0.15, 0.2) is 12.3 Å². The first-order chi connectivity index (χ1) is 9.70. The van der Waals surface area contributed by atoms with Crippen LogP contribution in [0.3, 0.4) is 0 Å². The van der Waals surface area contributed by atoms with Crippen molar-refractivity contribution in [2.24, 2.45) is 7.05 Å². The van der Waals surface area contributed by atoms with Gasteiger partial charge in [-0.25, -0.2) is 4.98 Å². The number of carbonyl (C=O) groups is 1. The van der Waals surface area contributed by atoms with E-state index in [0.717, 1.165) is 0 Å². The monoisotopic (exact) mass is 302 g/mol. The van der Waals surface area contributed by atoms with Gasteiger partial charge in [-0.05, 0) is 13.0 Å². The van der Waals surface area contributed by atoms with Gasteiger partial charge in [-0.15, -0.1) is 0 Å². The van der Waals surface area contributed by atoms with E-state index >= 15 is 0 Å². The topological polar surface area (TPSA) is 80.0 Å². The van der Waals surface area contributed by atoms with Crippen molar-refractivity contribution in [3.63, 3.8) is 0 Å². The van der Waals surface area contributed by atoms with Gasteiger partial charge in [-0.1, -0.05) is 0 Å². The summed E-state index contributed by atoms with van der Waals surface area (Å²) in [5.74, 6) is -0.740. The molecule has 0 aliphatic carbocycles. The van der Waals surface area contributed by atoms with Gasteiger partial charge in [0.2, 0.25) is 0 Å². The Morgan fingerprint density at radius 1 is 1.52 bits per heavy atom. The number of aromatic nitrogens is 3. The fraction of sp³-hybridized carbons (Fsp3) is 0.417. The van der Waals surface area contributed by atoms with Gasteiger partial charge in [0, 0.05) is 18.6 Å². The van der Waals surface area contributed by atoms with Crippen molar-refractivity contribution >= 4 is 16.9 Å². The van der Waals surface area contributed by atoms with Crippen molar-refractivity contribution < 1.29 is 23.1 Å². The van der Waals surface area contributed by atoms with Crippen molar-refractivity contribution in [1.29, 1.82) is 0 Å². The maximum Gasteiger partial charge on any atom is 0.416 e. The van der Waals surface area contributed by atoms with Crippen molar-refractivity contribution in [1.82, 2.24) is 20.1 Å². The molecule has 114 valence electrons. The third-order valence-electron chi connectivity index (χ3n) is 2.96. The molecule has 0 saturated carbocycles. The second kappa shape index (κ2) is 5.32. The quantitative estimate of drug-likeness (QED) is 0.884. The molecule has 0 bridgehead atoms. The van der Waals surface area contributed by atoms with Crippen molar-refractivity contribution in [3.8, 4) is 0 Å². The normalized spacial score (nSPS) is 13.4. The highest BCUT2D eigenvalue weighted by Gasteiger charge is 2.38. The number of nitrogens with one attached hydrogen (secondary N) is 1. The second-order valence-electron chi connectivity index (χ2n) is 4.57. The molecule has 2 aromatic heterocycles. The summed E-state index contributed by atoms with van der Waals surface area (Å²) in [7, 11) is 1.70. The molecule has 0 aliphatic rings. The molecular formula is C12H13F3N4O2. The van der Waals surface area contributed by atoms with Crippen molar-refractivity contribution in [3.05, 3.63) is 23.5 Å². The zero-order valence-electron chi connectivity index (χ0n) is 11.3. The lowest BCUT2D eigenvalue weighted by Gasteiger charge is -2.14. The molecular weight excluding hydrogens is 289 g/mol. The lowest BCUT2D eigenvalue weighted by Crippen LogP contribution is -2.40. The molecule has 0 fully saturated rings. The molecule has 1 amide bonds. The Morgan fingerprint density at radius 3 is 2.81 bits per heavy atom. The fourth-order valence-electron chi connectivity index (χ4n) is 1.84. The summed E-state index contributed by atoms with van der Waals surface area (Å²) in [5, 5.41) is 15.6. The van der Waals surface area contributed by atoms with E-state index in [0.29, 0.717) is 16.7 Å². The Hall–Kier alpha value is -2.16. The van der Waals surface area contributed by atoms with Crippen LogP contribution in [0.25, 0.3) is 11.0 Å². The van der Waals surface area contributed by atoms with Crippen LogP contribution >= 0.6 is 0 Å². The molecule has 0 spiro atoms. The Morgan fingerprint density at radius 2 is 2.19 bits per heavy atom. The lowest BCUT2D eigenvalue weighted by atomic mass is 10.2. The number of alkyl halides is 3. The van der Waals surface area contributed by atoms with Crippen molar-refractivity contribution in [2.75, 3.05) is 6.54 Å². The minimum Gasteiger partial charge on any atom is -0.382 e. The molecule has 2 heterocycles. The van der Waals surface area contributed by atoms with E-state index in [2.05, 4.69) is 10.1 Å². The summed E-state index contributed by atoms with van der Waals surface area (Å²) < 4.78 is 38.0. The molecule has 1 unspecified atom stereocenters. The molecule has 9 heteroatoms. The zero-order chi connectivity index (χ0) is 15.8. The first-order valence-corrected chi connectivity index (χ1v) is 6.02. The Balaban J connectivity index is 2.15. The third kappa shape index (κ3) is 3.13. The van der Waals surface area contributed by atoms with E-state index in [1.54, 1.807) is 18.7 Å². The zero-order valence-corrected chi connectivity index (χ0v) is 11.3. The Bertz CT molecular complexity index is 681. The number of aliphatic hydroxyl groups excluding tert-OH is 1. The van der Waals surface area contributed by atoms with E-state index in [1.165, 1.54) is 12.3 Å².